The zero-order valence-corrected chi connectivity index (χ0v) is 15.0. The zero-order chi connectivity index (χ0) is 18.1. The van der Waals surface area contributed by atoms with Gasteiger partial charge in [0, 0.05) is 5.56 Å². The molecule has 0 spiro atoms. The topological polar surface area (TPSA) is 26.3 Å². The molecule has 0 radical (unpaired) electrons. The monoisotopic (exact) mass is 340 g/mol. The van der Waals surface area contributed by atoms with Crippen LogP contribution in [0.4, 0.5) is 0 Å². The molecule has 2 nitrogen and oxygen atoms in total. The van der Waals surface area contributed by atoms with E-state index in [9.17, 15) is 4.79 Å². The van der Waals surface area contributed by atoms with E-state index >= 15 is 0 Å². The first kappa shape index (κ1) is 16.3. The van der Waals surface area contributed by atoms with Gasteiger partial charge in [-0.15, -0.1) is 0 Å². The molecule has 0 N–H and O–H groups in total. The first-order valence-electron chi connectivity index (χ1n) is 8.78. The highest BCUT2D eigenvalue weighted by Gasteiger charge is 2.16. The van der Waals surface area contributed by atoms with Gasteiger partial charge in [-0.3, -0.25) is 4.79 Å². The molecule has 26 heavy (non-hydrogen) atoms. The highest BCUT2D eigenvalue weighted by molar-refractivity contribution is 6.08. The molecule has 0 bridgehead atoms. The number of fused-ring (bicyclic) bond motifs is 2. The quantitative estimate of drug-likeness (QED) is 0.460. The molecule has 4 aromatic carbocycles. The van der Waals surface area contributed by atoms with Crippen molar-refractivity contribution in [3.63, 3.8) is 0 Å². The van der Waals surface area contributed by atoms with Gasteiger partial charge in [0.1, 0.15) is 12.4 Å². The van der Waals surface area contributed by atoms with E-state index in [2.05, 4.69) is 61.5 Å². The standard InChI is InChI=1S/C24H20O2/c1-16-11-12-18-7-3-5-9-20(18)23(16)24-21-10-6-4-8-19(21)13-14-22(24)26-15-17(2)25/h3-14H,15H2,1-2H3. The lowest BCUT2D eigenvalue weighted by molar-refractivity contribution is -0.118. The van der Waals surface area contributed by atoms with Gasteiger partial charge in [0.15, 0.2) is 5.78 Å². The number of hydrogen-bond donors (Lipinski definition) is 0. The third-order valence-electron chi connectivity index (χ3n) is 4.71. The van der Waals surface area contributed by atoms with Gasteiger partial charge in [0.2, 0.25) is 0 Å². The van der Waals surface area contributed by atoms with Gasteiger partial charge < -0.3 is 4.74 Å². The van der Waals surface area contributed by atoms with E-state index in [1.807, 2.05) is 18.2 Å². The molecule has 0 saturated heterocycles. The Morgan fingerprint density at radius 1 is 0.769 bits per heavy atom. The Hall–Kier alpha value is -3.13. The van der Waals surface area contributed by atoms with Crippen LogP contribution in [-0.2, 0) is 4.79 Å². The molecule has 0 aliphatic carbocycles. The Morgan fingerprint density at radius 3 is 2.00 bits per heavy atom. The van der Waals surface area contributed by atoms with E-state index in [-0.39, 0.29) is 12.4 Å². The van der Waals surface area contributed by atoms with Crippen LogP contribution < -0.4 is 4.74 Å². The molecule has 0 saturated carbocycles. The SMILES string of the molecule is CC(=O)COc1ccc2ccccc2c1-c1c(C)ccc2ccccc12. The van der Waals surface area contributed by atoms with Crippen LogP contribution in [0.3, 0.4) is 0 Å². The van der Waals surface area contributed by atoms with E-state index in [4.69, 9.17) is 4.74 Å². The summed E-state index contributed by atoms with van der Waals surface area (Å²) in [6.45, 7) is 3.75. The third-order valence-corrected chi connectivity index (χ3v) is 4.71. The second-order valence-corrected chi connectivity index (χ2v) is 6.63. The smallest absolute Gasteiger partial charge is 0.167 e. The number of rotatable bonds is 4. The molecule has 0 aliphatic heterocycles. The van der Waals surface area contributed by atoms with E-state index in [1.165, 1.54) is 21.9 Å². The predicted molar refractivity (Wildman–Crippen MR) is 108 cm³/mol. The lowest BCUT2D eigenvalue weighted by Crippen LogP contribution is -2.07. The Kier molecular flexibility index (Phi) is 4.18. The van der Waals surface area contributed by atoms with Crippen LogP contribution in [0, 0.1) is 6.92 Å². The van der Waals surface area contributed by atoms with Crippen molar-refractivity contribution in [2.75, 3.05) is 6.61 Å². The summed E-state index contributed by atoms with van der Waals surface area (Å²) in [6, 6.07) is 25.0. The van der Waals surface area contributed by atoms with Crippen LogP contribution in [0.15, 0.2) is 72.8 Å². The maximum atomic E-state index is 11.5. The van der Waals surface area contributed by atoms with E-state index in [0.717, 1.165) is 22.1 Å². The predicted octanol–water partition coefficient (Wildman–Crippen LogP) is 5.94. The minimum absolute atomic E-state index is 0.0127. The summed E-state index contributed by atoms with van der Waals surface area (Å²) in [5.74, 6) is 0.761. The van der Waals surface area contributed by atoms with Crippen LogP contribution in [-0.4, -0.2) is 12.4 Å². The lowest BCUT2D eigenvalue weighted by Gasteiger charge is -2.18. The first-order chi connectivity index (χ1) is 12.6. The molecule has 0 amide bonds. The lowest BCUT2D eigenvalue weighted by atomic mass is 9.90. The highest BCUT2D eigenvalue weighted by Crippen LogP contribution is 2.42. The van der Waals surface area contributed by atoms with E-state index < -0.39 is 0 Å². The number of benzene rings is 4. The summed E-state index contributed by atoms with van der Waals surface area (Å²) in [7, 11) is 0. The average Bonchev–Trinajstić information content (AvgIpc) is 2.66. The molecule has 0 fully saturated rings. The van der Waals surface area contributed by atoms with Crippen LogP contribution >= 0.6 is 0 Å². The van der Waals surface area contributed by atoms with Gasteiger partial charge in [0.25, 0.3) is 0 Å². The Balaban J connectivity index is 2.08. The summed E-state index contributed by atoms with van der Waals surface area (Å²) >= 11 is 0. The van der Waals surface area contributed by atoms with Crippen molar-refractivity contribution in [2.45, 2.75) is 13.8 Å². The second-order valence-electron chi connectivity index (χ2n) is 6.63. The normalized spacial score (nSPS) is 11.0. The number of carbonyl (C=O) groups excluding carboxylic acids is 1. The number of Topliss-reactive ketones (excluding diaryl/α,β-unsaturated/α-hetero) is 1. The molecule has 0 heterocycles. The van der Waals surface area contributed by atoms with Gasteiger partial charge in [0.05, 0.1) is 0 Å². The van der Waals surface area contributed by atoms with Gasteiger partial charge >= 0.3 is 0 Å². The number of carbonyl (C=O) groups is 1. The fourth-order valence-electron chi connectivity index (χ4n) is 3.52. The summed E-state index contributed by atoms with van der Waals surface area (Å²) in [5.41, 5.74) is 3.41. The summed E-state index contributed by atoms with van der Waals surface area (Å²) < 4.78 is 5.92. The number of ketones is 1. The molecule has 0 unspecified atom stereocenters. The van der Waals surface area contributed by atoms with Crippen molar-refractivity contribution < 1.29 is 9.53 Å². The highest BCUT2D eigenvalue weighted by atomic mass is 16.5. The minimum Gasteiger partial charge on any atom is -0.485 e. The van der Waals surface area contributed by atoms with Gasteiger partial charge in [-0.1, -0.05) is 66.7 Å². The molecule has 0 atom stereocenters. The third kappa shape index (κ3) is 2.84. The van der Waals surface area contributed by atoms with Crippen LogP contribution in [0.1, 0.15) is 12.5 Å². The summed E-state index contributed by atoms with van der Waals surface area (Å²) in [6.07, 6.45) is 0. The average molecular weight is 340 g/mol. The molecule has 0 aliphatic rings. The van der Waals surface area contributed by atoms with E-state index in [0.29, 0.717) is 0 Å². The minimum atomic E-state index is 0.0127. The van der Waals surface area contributed by atoms with Gasteiger partial charge in [-0.2, -0.15) is 0 Å². The molecule has 2 heteroatoms. The largest absolute Gasteiger partial charge is 0.485 e. The van der Waals surface area contributed by atoms with Gasteiger partial charge in [-0.25, -0.2) is 0 Å². The Labute approximate surface area is 153 Å². The number of aryl methyl sites for hydroxylation is 1. The maximum absolute atomic E-state index is 11.5. The van der Waals surface area contributed by atoms with Crippen molar-refractivity contribution in [1.29, 1.82) is 0 Å². The van der Waals surface area contributed by atoms with Crippen molar-refractivity contribution in [3.05, 3.63) is 78.4 Å². The zero-order valence-electron chi connectivity index (χ0n) is 15.0. The number of ether oxygens (including phenoxy) is 1. The van der Waals surface area contributed by atoms with Crippen LogP contribution in [0.2, 0.25) is 0 Å². The van der Waals surface area contributed by atoms with Crippen molar-refractivity contribution in [2.24, 2.45) is 0 Å². The molecule has 4 aromatic rings. The Morgan fingerprint density at radius 2 is 1.35 bits per heavy atom. The molecule has 0 aromatic heterocycles. The van der Waals surface area contributed by atoms with Crippen LogP contribution in [0.25, 0.3) is 32.7 Å². The summed E-state index contributed by atoms with van der Waals surface area (Å²) in [5, 5.41) is 4.67. The fraction of sp³-hybridized carbons (Fsp3) is 0.125. The number of hydrogen-bond acceptors (Lipinski definition) is 2. The van der Waals surface area contributed by atoms with Crippen molar-refractivity contribution >= 4 is 27.3 Å². The molecular weight excluding hydrogens is 320 g/mol. The Bertz CT molecular complexity index is 1130. The van der Waals surface area contributed by atoms with E-state index in [1.54, 1.807) is 6.92 Å². The first-order valence-corrected chi connectivity index (χ1v) is 8.78. The summed E-state index contributed by atoms with van der Waals surface area (Å²) in [4.78, 5) is 11.5. The van der Waals surface area contributed by atoms with Gasteiger partial charge in [-0.05, 0) is 52.6 Å². The van der Waals surface area contributed by atoms with Crippen molar-refractivity contribution in [1.82, 2.24) is 0 Å². The second kappa shape index (κ2) is 6.64. The molecule has 128 valence electrons. The molecular formula is C24H20O2. The van der Waals surface area contributed by atoms with Crippen molar-refractivity contribution in [3.8, 4) is 16.9 Å². The van der Waals surface area contributed by atoms with Crippen LogP contribution in [0.5, 0.6) is 5.75 Å². The molecule has 4 rings (SSSR count). The fourth-order valence-corrected chi connectivity index (χ4v) is 3.52. The maximum Gasteiger partial charge on any atom is 0.167 e.